The highest BCUT2D eigenvalue weighted by atomic mass is 35.5. The van der Waals surface area contributed by atoms with Crippen molar-refractivity contribution >= 4 is 50.8 Å². The molecule has 1 amide bonds. The number of thiophene rings is 1. The van der Waals surface area contributed by atoms with E-state index in [0.717, 1.165) is 11.3 Å². The number of nitrogens with zero attached hydrogens (tertiary/aromatic N) is 4. The number of nitro benzene ring substituents is 1. The van der Waals surface area contributed by atoms with Crippen LogP contribution >= 0.6 is 22.9 Å². The molecule has 0 fully saturated rings. The predicted octanol–water partition coefficient (Wildman–Crippen LogP) is 2.96. The van der Waals surface area contributed by atoms with Crippen molar-refractivity contribution in [3.63, 3.8) is 0 Å². The van der Waals surface area contributed by atoms with Gasteiger partial charge in [0.1, 0.15) is 4.88 Å². The Morgan fingerprint density at radius 1 is 1.50 bits per heavy atom. The number of aromatic nitrogens is 2. The highest BCUT2D eigenvalue weighted by molar-refractivity contribution is 7.21. The molecule has 24 heavy (non-hydrogen) atoms. The molecule has 0 saturated carbocycles. The van der Waals surface area contributed by atoms with Crippen LogP contribution < -0.4 is 5.43 Å². The van der Waals surface area contributed by atoms with Gasteiger partial charge < -0.3 is 0 Å². The molecule has 3 aromatic rings. The third kappa shape index (κ3) is 2.99. The highest BCUT2D eigenvalue weighted by Crippen LogP contribution is 2.37. The van der Waals surface area contributed by atoms with Gasteiger partial charge in [0, 0.05) is 35.5 Å². The van der Waals surface area contributed by atoms with Gasteiger partial charge in [0.05, 0.1) is 21.9 Å². The van der Waals surface area contributed by atoms with Gasteiger partial charge in [0.2, 0.25) is 0 Å². The molecule has 8 nitrogen and oxygen atoms in total. The maximum Gasteiger partial charge on any atom is 0.283 e. The Morgan fingerprint density at radius 3 is 2.96 bits per heavy atom. The number of hydrogen-bond donors (Lipinski definition) is 1. The molecule has 2 heterocycles. The van der Waals surface area contributed by atoms with Gasteiger partial charge in [-0.3, -0.25) is 19.6 Å². The second-order valence-electron chi connectivity index (χ2n) is 4.76. The van der Waals surface area contributed by atoms with E-state index in [2.05, 4.69) is 15.6 Å². The molecule has 1 aromatic carbocycles. The minimum absolute atomic E-state index is 0.0541. The second-order valence-corrected chi connectivity index (χ2v) is 6.19. The normalized spacial score (nSPS) is 11.2. The van der Waals surface area contributed by atoms with Gasteiger partial charge in [-0.1, -0.05) is 11.6 Å². The van der Waals surface area contributed by atoms with E-state index in [1.807, 2.05) is 0 Å². The number of hydrazone groups is 1. The summed E-state index contributed by atoms with van der Waals surface area (Å²) in [7, 11) is 1.75. The summed E-state index contributed by atoms with van der Waals surface area (Å²) in [6.07, 6.45) is 3.07. The number of aryl methyl sites for hydroxylation is 1. The van der Waals surface area contributed by atoms with Crippen LogP contribution in [0, 0.1) is 10.1 Å². The molecule has 10 heteroatoms. The zero-order valence-corrected chi connectivity index (χ0v) is 13.8. The zero-order valence-electron chi connectivity index (χ0n) is 12.3. The number of amides is 1. The molecule has 0 bridgehead atoms. The van der Waals surface area contributed by atoms with E-state index in [1.54, 1.807) is 24.0 Å². The minimum Gasteiger partial charge on any atom is -0.267 e. The van der Waals surface area contributed by atoms with E-state index in [4.69, 9.17) is 11.6 Å². The Bertz CT molecular complexity index is 978. The molecule has 2 aromatic heterocycles. The topological polar surface area (TPSA) is 102 Å². The first kappa shape index (κ1) is 16.1. The summed E-state index contributed by atoms with van der Waals surface area (Å²) in [5, 5.41) is 19.5. The summed E-state index contributed by atoms with van der Waals surface area (Å²) in [4.78, 5) is 22.8. The Hall–Kier alpha value is -2.78. The monoisotopic (exact) mass is 363 g/mol. The number of hydrogen-bond acceptors (Lipinski definition) is 6. The van der Waals surface area contributed by atoms with Gasteiger partial charge in [-0.25, -0.2) is 5.43 Å². The first-order valence-electron chi connectivity index (χ1n) is 6.65. The number of carbonyl (C=O) groups excluding carboxylic acids is 1. The van der Waals surface area contributed by atoms with Gasteiger partial charge in [0.15, 0.2) is 0 Å². The number of benzene rings is 1. The molecule has 0 saturated heterocycles. The molecular weight excluding hydrogens is 354 g/mol. The number of rotatable bonds is 4. The lowest BCUT2D eigenvalue weighted by atomic mass is 10.2. The first-order valence-corrected chi connectivity index (χ1v) is 7.84. The summed E-state index contributed by atoms with van der Waals surface area (Å²) in [6.45, 7) is 0. The van der Waals surface area contributed by atoms with Crippen molar-refractivity contribution in [2.45, 2.75) is 0 Å². The van der Waals surface area contributed by atoms with Crippen LogP contribution in [0.3, 0.4) is 0 Å². The molecule has 0 aliphatic carbocycles. The quantitative estimate of drug-likeness (QED) is 0.437. The fourth-order valence-electron chi connectivity index (χ4n) is 2.03. The summed E-state index contributed by atoms with van der Waals surface area (Å²) >= 11 is 7.28. The van der Waals surface area contributed by atoms with E-state index in [0.29, 0.717) is 15.8 Å². The predicted molar refractivity (Wildman–Crippen MR) is 91.8 cm³/mol. The SMILES string of the molecule is Cn1nccc1/C=N/NC(=O)c1sc2cc([N+](=O)[O-])ccc2c1Cl. The van der Waals surface area contributed by atoms with Crippen LogP contribution in [0.4, 0.5) is 5.69 Å². The third-order valence-corrected chi connectivity index (χ3v) is 4.91. The van der Waals surface area contributed by atoms with Crippen LogP contribution in [-0.2, 0) is 7.05 Å². The minimum atomic E-state index is -0.495. The number of nitrogens with one attached hydrogen (secondary N) is 1. The van der Waals surface area contributed by atoms with Crippen LogP contribution in [0.25, 0.3) is 10.1 Å². The highest BCUT2D eigenvalue weighted by Gasteiger charge is 2.18. The number of carbonyl (C=O) groups is 1. The van der Waals surface area contributed by atoms with Crippen LogP contribution in [0.2, 0.25) is 5.02 Å². The van der Waals surface area contributed by atoms with Gasteiger partial charge in [-0.2, -0.15) is 10.2 Å². The number of fused-ring (bicyclic) bond motifs is 1. The average Bonchev–Trinajstić information content (AvgIpc) is 3.11. The molecule has 1 N–H and O–H groups in total. The van der Waals surface area contributed by atoms with Crippen molar-refractivity contribution in [1.29, 1.82) is 0 Å². The summed E-state index contributed by atoms with van der Waals surface area (Å²) in [6, 6.07) is 6.01. The van der Waals surface area contributed by atoms with Gasteiger partial charge in [-0.15, -0.1) is 11.3 Å². The molecule has 3 rings (SSSR count). The van der Waals surface area contributed by atoms with Crippen LogP contribution in [0.15, 0.2) is 35.6 Å². The van der Waals surface area contributed by atoms with E-state index < -0.39 is 10.8 Å². The maximum absolute atomic E-state index is 12.2. The molecule has 0 atom stereocenters. The maximum atomic E-state index is 12.2. The lowest BCUT2D eigenvalue weighted by molar-refractivity contribution is -0.384. The van der Waals surface area contributed by atoms with Gasteiger partial charge in [0.25, 0.3) is 11.6 Å². The van der Waals surface area contributed by atoms with Gasteiger partial charge >= 0.3 is 0 Å². The molecule has 0 unspecified atom stereocenters. The first-order chi connectivity index (χ1) is 11.5. The van der Waals surface area contributed by atoms with Crippen molar-refractivity contribution in [2.24, 2.45) is 12.1 Å². The van der Waals surface area contributed by atoms with Crippen LogP contribution in [0.1, 0.15) is 15.4 Å². The summed E-state index contributed by atoms with van der Waals surface area (Å²) in [5.74, 6) is -0.484. The largest absolute Gasteiger partial charge is 0.283 e. The molecule has 0 spiro atoms. The van der Waals surface area contributed by atoms with E-state index in [9.17, 15) is 14.9 Å². The smallest absolute Gasteiger partial charge is 0.267 e. The molecule has 122 valence electrons. The number of non-ortho nitro benzene ring substituents is 1. The third-order valence-electron chi connectivity index (χ3n) is 3.25. The summed E-state index contributed by atoms with van der Waals surface area (Å²) in [5.41, 5.74) is 3.05. The Morgan fingerprint density at radius 2 is 2.29 bits per heavy atom. The van der Waals surface area contributed by atoms with E-state index in [-0.39, 0.29) is 15.6 Å². The fraction of sp³-hybridized carbons (Fsp3) is 0.0714. The van der Waals surface area contributed by atoms with Crippen molar-refractivity contribution < 1.29 is 9.72 Å². The van der Waals surface area contributed by atoms with Crippen LogP contribution in [-0.4, -0.2) is 26.8 Å². The van der Waals surface area contributed by atoms with Crippen molar-refractivity contribution in [3.8, 4) is 0 Å². The average molecular weight is 364 g/mol. The number of halogens is 1. The second kappa shape index (κ2) is 6.38. The zero-order chi connectivity index (χ0) is 17.3. The molecule has 0 aliphatic rings. The fourth-order valence-corrected chi connectivity index (χ4v) is 3.47. The van der Waals surface area contributed by atoms with Crippen LogP contribution in [0.5, 0.6) is 0 Å². The van der Waals surface area contributed by atoms with Crippen molar-refractivity contribution in [1.82, 2.24) is 15.2 Å². The van der Waals surface area contributed by atoms with E-state index >= 15 is 0 Å². The Balaban J connectivity index is 1.84. The molecule has 0 radical (unpaired) electrons. The van der Waals surface area contributed by atoms with Gasteiger partial charge in [-0.05, 0) is 12.1 Å². The Kier molecular flexibility index (Phi) is 4.28. The van der Waals surface area contributed by atoms with E-state index in [1.165, 1.54) is 24.4 Å². The lowest BCUT2D eigenvalue weighted by Crippen LogP contribution is -2.16. The summed E-state index contributed by atoms with van der Waals surface area (Å²) < 4.78 is 2.16. The van der Waals surface area contributed by atoms with Crippen molar-refractivity contribution in [2.75, 3.05) is 0 Å². The standard InChI is InChI=1S/C14H10ClN5O3S/c1-19-9(4-5-17-19)7-16-18-14(21)13-12(15)10-3-2-8(20(22)23)6-11(10)24-13/h2-7H,1H3,(H,18,21)/b16-7+. The molecule has 0 aliphatic heterocycles. The molecular formula is C14H10ClN5O3S. The lowest BCUT2D eigenvalue weighted by Gasteiger charge is -1.97. The Labute approximate surface area is 144 Å². The van der Waals surface area contributed by atoms with Crippen molar-refractivity contribution in [3.05, 3.63) is 56.2 Å². The number of nitro groups is 1.